The minimum atomic E-state index is -0.509. The lowest BCUT2D eigenvalue weighted by Crippen LogP contribution is -2.37. The number of nitrogens with zero attached hydrogens (tertiary/aromatic N) is 1. The van der Waals surface area contributed by atoms with Crippen LogP contribution in [-0.4, -0.2) is 18.4 Å². The molecule has 0 unspecified atom stereocenters. The van der Waals surface area contributed by atoms with Gasteiger partial charge in [-0.3, -0.25) is 4.79 Å². The van der Waals surface area contributed by atoms with E-state index in [4.69, 9.17) is 15.9 Å². The summed E-state index contributed by atoms with van der Waals surface area (Å²) in [7, 11) is 0. The highest BCUT2D eigenvalue weighted by atomic mass is 16.3. The van der Waals surface area contributed by atoms with Gasteiger partial charge in [0.15, 0.2) is 5.96 Å². The van der Waals surface area contributed by atoms with Crippen molar-refractivity contribution < 1.29 is 9.21 Å². The fraction of sp³-hybridized carbons (Fsp3) is 0.500. The van der Waals surface area contributed by atoms with Gasteiger partial charge in [0.2, 0.25) is 0 Å². The number of carbonyl (C=O) groups is 1. The van der Waals surface area contributed by atoms with E-state index in [0.29, 0.717) is 23.8 Å². The van der Waals surface area contributed by atoms with Gasteiger partial charge in [-0.2, -0.15) is 0 Å². The molecule has 0 spiro atoms. The van der Waals surface area contributed by atoms with Crippen LogP contribution < -0.4 is 16.8 Å². The van der Waals surface area contributed by atoms with Gasteiger partial charge in [0.25, 0.3) is 5.91 Å². The molecule has 1 aromatic heterocycles. The number of rotatable bonds is 5. The van der Waals surface area contributed by atoms with Crippen LogP contribution in [0.25, 0.3) is 0 Å². The number of hydrogen-bond donors (Lipinski definition) is 3. The summed E-state index contributed by atoms with van der Waals surface area (Å²) in [5.74, 6) is 1.19. The van der Waals surface area contributed by atoms with Gasteiger partial charge in [-0.1, -0.05) is 6.42 Å². The summed E-state index contributed by atoms with van der Waals surface area (Å²) in [5, 5.41) is 3.08. The van der Waals surface area contributed by atoms with Gasteiger partial charge in [-0.05, 0) is 24.8 Å². The monoisotopic (exact) mass is 250 g/mol. The zero-order valence-corrected chi connectivity index (χ0v) is 10.2. The van der Waals surface area contributed by atoms with E-state index in [2.05, 4.69) is 10.3 Å². The highest BCUT2D eigenvalue weighted by Crippen LogP contribution is 2.24. The summed E-state index contributed by atoms with van der Waals surface area (Å²) in [5.41, 5.74) is 11.2. The summed E-state index contributed by atoms with van der Waals surface area (Å²) in [6, 6.07) is 1.57. The smallest absolute Gasteiger partial charge is 0.251 e. The molecular weight excluding hydrogens is 232 g/mol. The third-order valence-corrected chi connectivity index (χ3v) is 3.14. The van der Waals surface area contributed by atoms with Gasteiger partial charge in [-0.25, -0.2) is 4.99 Å². The molecule has 6 heteroatoms. The fourth-order valence-corrected chi connectivity index (χ4v) is 1.76. The molecule has 0 atom stereocenters. The van der Waals surface area contributed by atoms with Gasteiger partial charge in [0, 0.05) is 6.54 Å². The maximum Gasteiger partial charge on any atom is 0.251 e. The standard InChI is InChI=1S/C12H18N4O2/c13-11(17)9-4-10(18-7-9)6-16-12(14)15-5-8-2-1-3-8/h4,7-8H,1-3,5-6H2,(H2,13,17)(H3,14,15,16). The fourth-order valence-electron chi connectivity index (χ4n) is 1.76. The van der Waals surface area contributed by atoms with E-state index in [1.54, 1.807) is 6.07 Å². The van der Waals surface area contributed by atoms with Gasteiger partial charge in [-0.15, -0.1) is 0 Å². The van der Waals surface area contributed by atoms with Crippen LogP contribution in [0, 0.1) is 5.92 Å². The van der Waals surface area contributed by atoms with Crippen LogP contribution in [0.1, 0.15) is 35.4 Å². The molecule has 1 heterocycles. The minimum Gasteiger partial charge on any atom is -0.467 e. The van der Waals surface area contributed by atoms with Gasteiger partial charge in [0.05, 0.1) is 5.56 Å². The second kappa shape index (κ2) is 5.57. The van der Waals surface area contributed by atoms with Gasteiger partial charge in [0.1, 0.15) is 18.6 Å². The molecule has 98 valence electrons. The van der Waals surface area contributed by atoms with E-state index < -0.39 is 5.91 Å². The van der Waals surface area contributed by atoms with E-state index in [9.17, 15) is 4.79 Å². The molecule has 6 nitrogen and oxygen atoms in total. The van der Waals surface area contributed by atoms with Crippen molar-refractivity contribution in [1.82, 2.24) is 5.32 Å². The van der Waals surface area contributed by atoms with E-state index >= 15 is 0 Å². The Labute approximate surface area is 105 Å². The summed E-state index contributed by atoms with van der Waals surface area (Å²) < 4.78 is 5.14. The summed E-state index contributed by atoms with van der Waals surface area (Å²) in [4.78, 5) is 15.0. The molecule has 0 saturated heterocycles. The Bertz CT molecular complexity index is 449. The summed E-state index contributed by atoms with van der Waals surface area (Å²) in [6.07, 6.45) is 5.16. The molecule has 1 aromatic rings. The van der Waals surface area contributed by atoms with E-state index in [-0.39, 0.29) is 0 Å². The van der Waals surface area contributed by atoms with Crippen molar-refractivity contribution in [3.63, 3.8) is 0 Å². The molecule has 1 saturated carbocycles. The Morgan fingerprint density at radius 3 is 2.83 bits per heavy atom. The van der Waals surface area contributed by atoms with E-state index in [0.717, 1.165) is 12.5 Å². The van der Waals surface area contributed by atoms with Crippen molar-refractivity contribution in [2.45, 2.75) is 25.8 Å². The first-order valence-electron chi connectivity index (χ1n) is 6.06. The second-order valence-electron chi connectivity index (χ2n) is 4.55. The number of nitrogens with two attached hydrogens (primary N) is 2. The predicted octanol–water partition coefficient (Wildman–Crippen LogP) is 0.583. The molecule has 0 aliphatic heterocycles. The maximum absolute atomic E-state index is 10.9. The first kappa shape index (κ1) is 12.5. The average molecular weight is 250 g/mol. The number of furan rings is 1. The van der Waals surface area contributed by atoms with Crippen molar-refractivity contribution in [1.29, 1.82) is 0 Å². The summed E-state index contributed by atoms with van der Waals surface area (Å²) >= 11 is 0. The van der Waals surface area contributed by atoms with E-state index in [1.807, 2.05) is 0 Å². The zero-order chi connectivity index (χ0) is 13.0. The number of primary amides is 1. The molecule has 1 fully saturated rings. The van der Waals surface area contributed by atoms with E-state index in [1.165, 1.54) is 25.5 Å². The maximum atomic E-state index is 10.9. The van der Waals surface area contributed by atoms with Crippen LogP contribution in [0.5, 0.6) is 0 Å². The van der Waals surface area contributed by atoms with Crippen molar-refractivity contribution in [3.05, 3.63) is 23.7 Å². The van der Waals surface area contributed by atoms with Gasteiger partial charge >= 0.3 is 0 Å². The Morgan fingerprint density at radius 2 is 2.28 bits per heavy atom. The van der Waals surface area contributed by atoms with Crippen LogP contribution >= 0.6 is 0 Å². The largest absolute Gasteiger partial charge is 0.467 e. The molecule has 0 bridgehead atoms. The highest BCUT2D eigenvalue weighted by Gasteiger charge is 2.16. The van der Waals surface area contributed by atoms with Crippen molar-refractivity contribution in [3.8, 4) is 0 Å². The third kappa shape index (κ3) is 3.26. The van der Waals surface area contributed by atoms with Crippen molar-refractivity contribution in [2.24, 2.45) is 22.4 Å². The second-order valence-corrected chi connectivity index (χ2v) is 4.55. The Kier molecular flexibility index (Phi) is 3.86. The Balaban J connectivity index is 1.78. The third-order valence-electron chi connectivity index (χ3n) is 3.14. The SMILES string of the molecule is NC(=O)c1coc(CN=C(N)NCC2CCC2)c1. The minimum absolute atomic E-state index is 0.302. The zero-order valence-electron chi connectivity index (χ0n) is 10.2. The number of aliphatic imine (C=N–C) groups is 1. The van der Waals surface area contributed by atoms with Crippen LogP contribution in [0.3, 0.4) is 0 Å². The average Bonchev–Trinajstić information content (AvgIpc) is 2.73. The Morgan fingerprint density at radius 1 is 1.50 bits per heavy atom. The number of guanidine groups is 1. The molecule has 1 aliphatic rings. The molecule has 0 aromatic carbocycles. The first-order chi connectivity index (χ1) is 8.65. The topological polar surface area (TPSA) is 107 Å². The lowest BCUT2D eigenvalue weighted by Gasteiger charge is -2.25. The quantitative estimate of drug-likeness (QED) is 0.525. The lowest BCUT2D eigenvalue weighted by molar-refractivity contribution is 0.0999. The van der Waals surface area contributed by atoms with Crippen molar-refractivity contribution in [2.75, 3.05) is 6.54 Å². The molecule has 0 radical (unpaired) electrons. The van der Waals surface area contributed by atoms with Crippen LogP contribution in [0.15, 0.2) is 21.7 Å². The van der Waals surface area contributed by atoms with Crippen molar-refractivity contribution >= 4 is 11.9 Å². The van der Waals surface area contributed by atoms with Gasteiger partial charge < -0.3 is 21.2 Å². The molecule has 2 rings (SSSR count). The summed E-state index contributed by atoms with van der Waals surface area (Å²) in [6.45, 7) is 1.18. The molecular formula is C12H18N4O2. The highest BCUT2D eigenvalue weighted by molar-refractivity contribution is 5.92. The molecule has 1 aliphatic carbocycles. The van der Waals surface area contributed by atoms with Crippen LogP contribution in [0.4, 0.5) is 0 Å². The number of amides is 1. The molecule has 5 N–H and O–H groups in total. The molecule has 18 heavy (non-hydrogen) atoms. The number of nitrogens with one attached hydrogen (secondary N) is 1. The predicted molar refractivity (Wildman–Crippen MR) is 67.9 cm³/mol. The number of carbonyl (C=O) groups excluding carboxylic acids is 1. The van der Waals surface area contributed by atoms with Crippen LogP contribution in [-0.2, 0) is 6.54 Å². The van der Waals surface area contributed by atoms with Crippen LogP contribution in [0.2, 0.25) is 0 Å². The lowest BCUT2D eigenvalue weighted by atomic mass is 9.85. The first-order valence-corrected chi connectivity index (χ1v) is 6.06. The molecule has 1 amide bonds. The number of hydrogen-bond acceptors (Lipinski definition) is 3. The normalized spacial score (nSPS) is 16.3. The Hall–Kier alpha value is -1.98.